The monoisotopic (exact) mass is 438 g/mol. The number of amides is 2. The predicted molar refractivity (Wildman–Crippen MR) is 119 cm³/mol. The van der Waals surface area contributed by atoms with Crippen LogP contribution in [0.3, 0.4) is 0 Å². The number of hydrogen-bond acceptors (Lipinski definition) is 4. The van der Waals surface area contributed by atoms with Crippen molar-refractivity contribution >= 4 is 29.1 Å². The zero-order valence-corrected chi connectivity index (χ0v) is 18.4. The molecule has 1 aromatic heterocycles. The molecule has 0 fully saturated rings. The van der Waals surface area contributed by atoms with Gasteiger partial charge >= 0.3 is 0 Å². The first-order valence-corrected chi connectivity index (χ1v) is 10.3. The van der Waals surface area contributed by atoms with Crippen LogP contribution in [0.15, 0.2) is 42.5 Å². The standard InChI is InChI=1S/C23H23ClN4O3/c1-14-18(15(2)28(26-14)11-17-6-4-5-7-19(17)24)12-27(3)23(30)16-8-9-20-21(10-16)31-13-22(29)25-20/h4-10H,11-13H2,1-3H3,(H,25,29). The molecule has 2 heterocycles. The van der Waals surface area contributed by atoms with Gasteiger partial charge in [-0.1, -0.05) is 29.8 Å². The van der Waals surface area contributed by atoms with Gasteiger partial charge in [0, 0.05) is 35.4 Å². The first-order valence-electron chi connectivity index (χ1n) is 9.92. The Hall–Kier alpha value is -3.32. The van der Waals surface area contributed by atoms with E-state index in [9.17, 15) is 9.59 Å². The van der Waals surface area contributed by atoms with E-state index in [2.05, 4.69) is 10.4 Å². The Labute approximate surface area is 185 Å². The van der Waals surface area contributed by atoms with Crippen molar-refractivity contribution in [1.29, 1.82) is 0 Å². The van der Waals surface area contributed by atoms with Crippen molar-refractivity contribution in [2.24, 2.45) is 0 Å². The molecular weight excluding hydrogens is 416 g/mol. The van der Waals surface area contributed by atoms with Gasteiger partial charge in [0.15, 0.2) is 6.61 Å². The molecule has 160 valence electrons. The van der Waals surface area contributed by atoms with Crippen molar-refractivity contribution < 1.29 is 14.3 Å². The van der Waals surface area contributed by atoms with Crippen LogP contribution >= 0.6 is 11.6 Å². The Morgan fingerprint density at radius 2 is 2.03 bits per heavy atom. The molecule has 0 unspecified atom stereocenters. The highest BCUT2D eigenvalue weighted by molar-refractivity contribution is 6.31. The van der Waals surface area contributed by atoms with Crippen LogP contribution in [0.2, 0.25) is 5.02 Å². The molecule has 0 atom stereocenters. The molecule has 0 aliphatic carbocycles. The quantitative estimate of drug-likeness (QED) is 0.657. The first kappa shape index (κ1) is 20.9. The minimum absolute atomic E-state index is 0.0521. The summed E-state index contributed by atoms with van der Waals surface area (Å²) < 4.78 is 7.34. The highest BCUT2D eigenvalue weighted by Crippen LogP contribution is 2.29. The molecule has 4 rings (SSSR count). The summed E-state index contributed by atoms with van der Waals surface area (Å²) in [5, 5.41) is 8.09. The molecule has 1 aliphatic rings. The summed E-state index contributed by atoms with van der Waals surface area (Å²) in [6.45, 7) is 4.88. The van der Waals surface area contributed by atoms with Gasteiger partial charge in [0.1, 0.15) is 5.75 Å². The van der Waals surface area contributed by atoms with E-state index in [1.165, 1.54) is 0 Å². The van der Waals surface area contributed by atoms with E-state index in [4.69, 9.17) is 16.3 Å². The maximum absolute atomic E-state index is 13.0. The van der Waals surface area contributed by atoms with Crippen LogP contribution in [0.5, 0.6) is 5.75 Å². The number of nitrogens with one attached hydrogen (secondary N) is 1. The van der Waals surface area contributed by atoms with E-state index >= 15 is 0 Å². The fourth-order valence-corrected chi connectivity index (χ4v) is 3.84. The van der Waals surface area contributed by atoms with Gasteiger partial charge in [-0.2, -0.15) is 5.10 Å². The van der Waals surface area contributed by atoms with Gasteiger partial charge in [-0.25, -0.2) is 0 Å². The van der Waals surface area contributed by atoms with Crippen LogP contribution in [-0.2, 0) is 17.9 Å². The Balaban J connectivity index is 1.51. The molecule has 2 aromatic carbocycles. The van der Waals surface area contributed by atoms with E-state index in [0.29, 0.717) is 35.1 Å². The second-order valence-electron chi connectivity index (χ2n) is 7.61. The number of rotatable bonds is 5. The number of halogens is 1. The van der Waals surface area contributed by atoms with Crippen LogP contribution in [-0.4, -0.2) is 40.1 Å². The van der Waals surface area contributed by atoms with Gasteiger partial charge in [-0.3, -0.25) is 14.3 Å². The van der Waals surface area contributed by atoms with Crippen molar-refractivity contribution in [3.63, 3.8) is 0 Å². The van der Waals surface area contributed by atoms with Gasteiger partial charge in [-0.05, 0) is 43.7 Å². The highest BCUT2D eigenvalue weighted by atomic mass is 35.5. The number of carbonyl (C=O) groups excluding carboxylic acids is 2. The van der Waals surface area contributed by atoms with Gasteiger partial charge < -0.3 is 15.0 Å². The van der Waals surface area contributed by atoms with Crippen LogP contribution in [0, 0.1) is 13.8 Å². The van der Waals surface area contributed by atoms with E-state index in [0.717, 1.165) is 22.5 Å². The van der Waals surface area contributed by atoms with Gasteiger partial charge in [0.25, 0.3) is 11.8 Å². The number of hydrogen-bond donors (Lipinski definition) is 1. The lowest BCUT2D eigenvalue weighted by molar-refractivity contribution is -0.118. The molecule has 0 saturated heterocycles. The number of ether oxygens (including phenoxy) is 1. The van der Waals surface area contributed by atoms with Gasteiger partial charge in [0.05, 0.1) is 17.9 Å². The molecule has 3 aromatic rings. The maximum atomic E-state index is 13.0. The average Bonchev–Trinajstić information content (AvgIpc) is 3.01. The van der Waals surface area contributed by atoms with Crippen molar-refractivity contribution in [2.75, 3.05) is 19.0 Å². The summed E-state index contributed by atoms with van der Waals surface area (Å²) >= 11 is 6.30. The van der Waals surface area contributed by atoms with E-state index < -0.39 is 0 Å². The van der Waals surface area contributed by atoms with E-state index in [1.54, 1.807) is 30.1 Å². The van der Waals surface area contributed by atoms with Crippen LogP contribution in [0.25, 0.3) is 0 Å². The summed E-state index contributed by atoms with van der Waals surface area (Å²) in [6.07, 6.45) is 0. The third kappa shape index (κ3) is 4.27. The Kier molecular flexibility index (Phi) is 5.69. The molecule has 31 heavy (non-hydrogen) atoms. The molecule has 1 aliphatic heterocycles. The van der Waals surface area contributed by atoms with Crippen molar-refractivity contribution in [2.45, 2.75) is 26.9 Å². The molecule has 0 bridgehead atoms. The Morgan fingerprint density at radius 1 is 1.26 bits per heavy atom. The molecule has 2 amide bonds. The number of aromatic nitrogens is 2. The average molecular weight is 439 g/mol. The zero-order valence-electron chi connectivity index (χ0n) is 17.6. The third-order valence-corrected chi connectivity index (χ3v) is 5.78. The molecule has 0 saturated carbocycles. The second kappa shape index (κ2) is 8.43. The second-order valence-corrected chi connectivity index (χ2v) is 8.01. The highest BCUT2D eigenvalue weighted by Gasteiger charge is 2.21. The third-order valence-electron chi connectivity index (χ3n) is 5.41. The molecule has 0 spiro atoms. The maximum Gasteiger partial charge on any atom is 0.262 e. The van der Waals surface area contributed by atoms with Crippen molar-refractivity contribution in [3.05, 3.63) is 75.6 Å². The van der Waals surface area contributed by atoms with Gasteiger partial charge in [-0.15, -0.1) is 0 Å². The minimum Gasteiger partial charge on any atom is -0.482 e. The number of benzene rings is 2. The van der Waals surface area contributed by atoms with Crippen molar-refractivity contribution in [1.82, 2.24) is 14.7 Å². The number of fused-ring (bicyclic) bond motifs is 1. The number of anilines is 1. The summed E-state index contributed by atoms with van der Waals surface area (Å²) in [6, 6.07) is 12.7. The van der Waals surface area contributed by atoms with E-state index in [1.807, 2.05) is 42.8 Å². The molecule has 0 radical (unpaired) electrons. The largest absolute Gasteiger partial charge is 0.482 e. The van der Waals surface area contributed by atoms with E-state index in [-0.39, 0.29) is 18.4 Å². The lowest BCUT2D eigenvalue weighted by Crippen LogP contribution is -2.28. The minimum atomic E-state index is -0.205. The predicted octanol–water partition coefficient (Wildman–Crippen LogP) is 3.80. The lowest BCUT2D eigenvalue weighted by Gasteiger charge is -2.21. The molecule has 7 nitrogen and oxygen atoms in total. The number of aryl methyl sites for hydroxylation is 1. The first-order chi connectivity index (χ1) is 14.8. The molecule has 8 heteroatoms. The van der Waals surface area contributed by atoms with Crippen LogP contribution in [0.1, 0.15) is 32.9 Å². The fourth-order valence-electron chi connectivity index (χ4n) is 3.64. The van der Waals surface area contributed by atoms with Gasteiger partial charge in [0.2, 0.25) is 0 Å². The number of carbonyl (C=O) groups is 2. The Morgan fingerprint density at radius 3 is 2.81 bits per heavy atom. The normalized spacial score (nSPS) is 12.7. The van der Waals surface area contributed by atoms with Crippen LogP contribution in [0.4, 0.5) is 5.69 Å². The smallest absolute Gasteiger partial charge is 0.262 e. The summed E-state index contributed by atoms with van der Waals surface area (Å²) in [5.41, 5.74) is 4.93. The number of nitrogens with zero attached hydrogens (tertiary/aromatic N) is 3. The lowest BCUT2D eigenvalue weighted by atomic mass is 10.1. The zero-order chi connectivity index (χ0) is 22.1. The van der Waals surface area contributed by atoms with Crippen molar-refractivity contribution in [3.8, 4) is 5.75 Å². The fraction of sp³-hybridized carbons (Fsp3) is 0.261. The van der Waals surface area contributed by atoms with Crippen LogP contribution < -0.4 is 10.1 Å². The summed E-state index contributed by atoms with van der Waals surface area (Å²) in [5.74, 6) is 0.156. The summed E-state index contributed by atoms with van der Waals surface area (Å²) in [7, 11) is 1.76. The molecule has 1 N–H and O–H groups in total. The SMILES string of the molecule is Cc1nn(Cc2ccccc2Cl)c(C)c1CN(C)C(=O)c1ccc2c(c1)OCC(=O)N2. The summed E-state index contributed by atoms with van der Waals surface area (Å²) in [4.78, 5) is 26.1. The Bertz CT molecular complexity index is 1170. The topological polar surface area (TPSA) is 76.5 Å². The molecular formula is C23H23ClN4O3.